The highest BCUT2D eigenvalue weighted by Crippen LogP contribution is 2.31. The Morgan fingerprint density at radius 2 is 1.97 bits per heavy atom. The number of nitrogens with zero attached hydrogens (tertiary/aromatic N) is 3. The van der Waals surface area contributed by atoms with Crippen LogP contribution in [-0.4, -0.2) is 21.0 Å². The van der Waals surface area contributed by atoms with E-state index in [1.807, 2.05) is 24.3 Å². The second-order valence-electron chi connectivity index (χ2n) is 6.84. The molecule has 0 aliphatic carbocycles. The number of hydrogen-bond acceptors (Lipinski definition) is 7. The van der Waals surface area contributed by atoms with Crippen molar-refractivity contribution in [2.75, 3.05) is 5.32 Å². The number of nitrogens with two attached hydrogens (primary N) is 1. The minimum absolute atomic E-state index is 0.308. The fourth-order valence-corrected chi connectivity index (χ4v) is 3.52. The van der Waals surface area contributed by atoms with Gasteiger partial charge in [0.1, 0.15) is 11.3 Å². The molecule has 2 aromatic carbocycles. The minimum Gasteiger partial charge on any atom is -0.366 e. The van der Waals surface area contributed by atoms with Crippen molar-refractivity contribution in [2.24, 2.45) is 5.73 Å². The van der Waals surface area contributed by atoms with Gasteiger partial charge in [0, 0.05) is 25.2 Å². The van der Waals surface area contributed by atoms with Crippen molar-refractivity contribution < 1.29 is 9.32 Å². The first-order chi connectivity index (χ1) is 14.2. The number of fused-ring (bicyclic) bond motifs is 2. The highest BCUT2D eigenvalue weighted by atomic mass is 16.5. The second-order valence-corrected chi connectivity index (χ2v) is 6.84. The van der Waals surface area contributed by atoms with E-state index >= 15 is 0 Å². The second kappa shape index (κ2) is 6.99. The molecule has 3 heterocycles. The summed E-state index contributed by atoms with van der Waals surface area (Å²) < 4.78 is 5.54. The highest BCUT2D eigenvalue weighted by Gasteiger charge is 2.23. The molecule has 1 aliphatic heterocycles. The third-order valence-electron chi connectivity index (χ3n) is 4.97. The van der Waals surface area contributed by atoms with E-state index < -0.39 is 5.91 Å². The van der Waals surface area contributed by atoms with E-state index in [0.29, 0.717) is 47.7 Å². The molecule has 0 radical (unpaired) electrons. The van der Waals surface area contributed by atoms with Crippen LogP contribution in [0, 0.1) is 0 Å². The first-order valence-corrected chi connectivity index (χ1v) is 9.27. The smallest absolute Gasteiger partial charge is 0.251 e. The van der Waals surface area contributed by atoms with Crippen LogP contribution in [-0.2, 0) is 19.6 Å². The number of carbonyl (C=O) groups excluding carboxylic acids is 1. The molecule has 5 rings (SSSR count). The Labute approximate surface area is 166 Å². The molecule has 0 unspecified atom stereocenters. The molecular formula is C21H18N6O2. The number of amides is 1. The first kappa shape index (κ1) is 17.3. The van der Waals surface area contributed by atoms with E-state index in [1.54, 1.807) is 12.1 Å². The number of primary amides is 1. The van der Waals surface area contributed by atoms with Gasteiger partial charge in [0.05, 0.1) is 16.6 Å². The van der Waals surface area contributed by atoms with Gasteiger partial charge >= 0.3 is 0 Å². The maximum atomic E-state index is 11.7. The van der Waals surface area contributed by atoms with Gasteiger partial charge < -0.3 is 20.9 Å². The van der Waals surface area contributed by atoms with E-state index in [1.165, 1.54) is 0 Å². The summed E-state index contributed by atoms with van der Waals surface area (Å²) in [5, 5.41) is 11.4. The lowest BCUT2D eigenvalue weighted by Gasteiger charge is -2.11. The quantitative estimate of drug-likeness (QED) is 0.482. The number of hydrogen-bond donors (Lipinski definition) is 3. The van der Waals surface area contributed by atoms with Crippen LogP contribution in [0.4, 0.5) is 5.82 Å². The third-order valence-corrected chi connectivity index (χ3v) is 4.97. The van der Waals surface area contributed by atoms with Gasteiger partial charge in [-0.3, -0.25) is 4.79 Å². The third kappa shape index (κ3) is 3.09. The molecule has 0 bridgehead atoms. The summed E-state index contributed by atoms with van der Waals surface area (Å²) in [7, 11) is 0. The average Bonchev–Trinajstić information content (AvgIpc) is 3.39. The minimum atomic E-state index is -0.556. The molecule has 0 fully saturated rings. The number of anilines is 1. The molecule has 0 atom stereocenters. The van der Waals surface area contributed by atoms with Crippen molar-refractivity contribution >= 4 is 22.6 Å². The fourth-order valence-electron chi connectivity index (χ4n) is 3.52. The van der Waals surface area contributed by atoms with E-state index in [4.69, 9.17) is 15.2 Å². The lowest BCUT2D eigenvalue weighted by molar-refractivity contribution is 0.100. The van der Waals surface area contributed by atoms with Gasteiger partial charge in [0.15, 0.2) is 0 Å². The maximum absolute atomic E-state index is 11.7. The van der Waals surface area contributed by atoms with Gasteiger partial charge in [-0.1, -0.05) is 41.6 Å². The molecule has 1 amide bonds. The number of aromatic nitrogens is 3. The highest BCUT2D eigenvalue weighted by molar-refractivity contribution is 6.07. The Balaban J connectivity index is 1.57. The molecule has 0 spiro atoms. The van der Waals surface area contributed by atoms with Gasteiger partial charge in [0.2, 0.25) is 11.6 Å². The molecule has 4 aromatic rings. The maximum Gasteiger partial charge on any atom is 0.251 e. The van der Waals surface area contributed by atoms with E-state index in [2.05, 4.69) is 32.9 Å². The molecule has 144 valence electrons. The van der Waals surface area contributed by atoms with Crippen LogP contribution in [0.3, 0.4) is 0 Å². The Morgan fingerprint density at radius 3 is 2.79 bits per heavy atom. The van der Waals surface area contributed by atoms with Crippen LogP contribution in [0.1, 0.15) is 27.2 Å². The van der Waals surface area contributed by atoms with Crippen molar-refractivity contribution in [3.05, 3.63) is 70.9 Å². The van der Waals surface area contributed by atoms with Crippen LogP contribution < -0.4 is 16.4 Å². The van der Waals surface area contributed by atoms with Crippen LogP contribution >= 0.6 is 0 Å². The average molecular weight is 386 g/mol. The zero-order chi connectivity index (χ0) is 19.8. The molecule has 1 aliphatic rings. The fraction of sp³-hybridized carbons (Fsp3) is 0.143. The number of carbonyl (C=O) groups is 1. The van der Waals surface area contributed by atoms with Crippen LogP contribution in [0.15, 0.2) is 53.1 Å². The molecule has 8 nitrogen and oxygen atoms in total. The van der Waals surface area contributed by atoms with Crippen LogP contribution in [0.25, 0.3) is 22.5 Å². The van der Waals surface area contributed by atoms with Gasteiger partial charge in [-0.25, -0.2) is 9.97 Å². The molecule has 0 saturated carbocycles. The molecule has 2 aromatic heterocycles. The molecule has 4 N–H and O–H groups in total. The summed E-state index contributed by atoms with van der Waals surface area (Å²) in [5.41, 5.74) is 9.29. The summed E-state index contributed by atoms with van der Waals surface area (Å²) in [5.74, 6) is 1.04. The molecule has 29 heavy (non-hydrogen) atoms. The lowest BCUT2D eigenvalue weighted by Crippen LogP contribution is -2.11. The standard InChI is InChI=1S/C21H18N6O2/c22-19(28)14-8-4-7-13-17(14)27-29-18(13)21-25-16-11-23-10-15(16)20(26-21)24-9-12-5-2-1-3-6-12/h1-8,23H,9-11H2,(H2,22,28)(H,24,25,26). The first-order valence-electron chi connectivity index (χ1n) is 9.27. The molecular weight excluding hydrogens is 368 g/mol. The topological polar surface area (TPSA) is 119 Å². The molecule has 8 heteroatoms. The van der Waals surface area contributed by atoms with Crippen molar-refractivity contribution in [1.29, 1.82) is 0 Å². The predicted octanol–water partition coefficient (Wildman–Crippen LogP) is 2.60. The van der Waals surface area contributed by atoms with Gasteiger partial charge in [0.25, 0.3) is 5.91 Å². The molecule has 0 saturated heterocycles. The summed E-state index contributed by atoms with van der Waals surface area (Å²) in [4.78, 5) is 21.1. The Kier molecular flexibility index (Phi) is 4.18. The Bertz CT molecular complexity index is 1220. The SMILES string of the molecule is NC(=O)c1cccc2c(-c3nc4c(c(NCc5ccccc5)n3)CNC4)onc12. The summed E-state index contributed by atoms with van der Waals surface area (Å²) in [6.45, 7) is 2.01. The van der Waals surface area contributed by atoms with Crippen molar-refractivity contribution in [3.8, 4) is 11.6 Å². The summed E-state index contributed by atoms with van der Waals surface area (Å²) >= 11 is 0. The lowest BCUT2D eigenvalue weighted by atomic mass is 10.1. The number of nitrogens with one attached hydrogen (secondary N) is 2. The van der Waals surface area contributed by atoms with E-state index in [-0.39, 0.29) is 0 Å². The number of rotatable bonds is 5. The summed E-state index contributed by atoms with van der Waals surface area (Å²) in [6, 6.07) is 15.3. The van der Waals surface area contributed by atoms with Crippen LogP contribution in [0.5, 0.6) is 0 Å². The Morgan fingerprint density at radius 1 is 1.10 bits per heavy atom. The van der Waals surface area contributed by atoms with E-state index in [0.717, 1.165) is 22.6 Å². The summed E-state index contributed by atoms with van der Waals surface area (Å²) in [6.07, 6.45) is 0. The van der Waals surface area contributed by atoms with Gasteiger partial charge in [-0.15, -0.1) is 0 Å². The predicted molar refractivity (Wildman–Crippen MR) is 108 cm³/mol. The van der Waals surface area contributed by atoms with Crippen LogP contribution in [0.2, 0.25) is 0 Å². The van der Waals surface area contributed by atoms with Gasteiger partial charge in [-0.05, 0) is 17.7 Å². The number of benzene rings is 2. The van der Waals surface area contributed by atoms with Crippen molar-refractivity contribution in [2.45, 2.75) is 19.6 Å². The van der Waals surface area contributed by atoms with E-state index in [9.17, 15) is 4.79 Å². The zero-order valence-electron chi connectivity index (χ0n) is 15.5. The van der Waals surface area contributed by atoms with Crippen molar-refractivity contribution in [1.82, 2.24) is 20.4 Å². The van der Waals surface area contributed by atoms with Gasteiger partial charge in [-0.2, -0.15) is 0 Å². The largest absolute Gasteiger partial charge is 0.366 e. The zero-order valence-corrected chi connectivity index (χ0v) is 15.5. The normalized spacial score (nSPS) is 12.8. The van der Waals surface area contributed by atoms with Crippen molar-refractivity contribution in [3.63, 3.8) is 0 Å². The monoisotopic (exact) mass is 386 g/mol. The Hall–Kier alpha value is -3.78.